The molecule has 2 aromatic carbocycles. The highest BCUT2D eigenvalue weighted by Gasteiger charge is 2.30. The summed E-state index contributed by atoms with van der Waals surface area (Å²) in [6.45, 7) is -0.112. The van der Waals surface area contributed by atoms with Crippen molar-refractivity contribution in [2.45, 2.75) is 9.46 Å². The lowest BCUT2D eigenvalue weighted by molar-refractivity contribution is 0.0953. The smallest absolute Gasteiger partial charge is 0.251 e. The van der Waals surface area contributed by atoms with Gasteiger partial charge in [-0.2, -0.15) is 0 Å². The van der Waals surface area contributed by atoms with E-state index in [9.17, 15) is 17.6 Å². The fourth-order valence-corrected chi connectivity index (χ4v) is 5.42. The molecule has 134 valence electrons. The van der Waals surface area contributed by atoms with Gasteiger partial charge in [-0.25, -0.2) is 12.8 Å². The SMILES string of the molecule is O=C(NC[C@@H](c1ccccc1)S(=O)(=O)c1cccs1)c1cccc(F)c1. The zero-order valence-electron chi connectivity index (χ0n) is 13.6. The van der Waals surface area contributed by atoms with Crippen molar-refractivity contribution in [1.29, 1.82) is 0 Å². The molecule has 0 bridgehead atoms. The molecule has 1 aromatic heterocycles. The maximum Gasteiger partial charge on any atom is 0.251 e. The molecule has 1 N–H and O–H groups in total. The number of rotatable bonds is 6. The predicted octanol–water partition coefficient (Wildman–Crippen LogP) is 3.83. The summed E-state index contributed by atoms with van der Waals surface area (Å²) in [5, 5.41) is 3.38. The Morgan fingerprint density at radius 2 is 1.81 bits per heavy atom. The van der Waals surface area contributed by atoms with Crippen LogP contribution >= 0.6 is 11.3 Å². The van der Waals surface area contributed by atoms with Gasteiger partial charge >= 0.3 is 0 Å². The lowest BCUT2D eigenvalue weighted by atomic mass is 10.1. The van der Waals surface area contributed by atoms with Gasteiger partial charge in [-0.3, -0.25) is 4.79 Å². The monoisotopic (exact) mass is 389 g/mol. The number of halogens is 1. The molecule has 0 aliphatic heterocycles. The minimum absolute atomic E-state index is 0.112. The number of carbonyl (C=O) groups excluding carboxylic acids is 1. The van der Waals surface area contributed by atoms with E-state index in [2.05, 4.69) is 5.32 Å². The highest BCUT2D eigenvalue weighted by molar-refractivity contribution is 7.93. The fraction of sp³-hybridized carbons (Fsp3) is 0.105. The van der Waals surface area contributed by atoms with Crippen molar-refractivity contribution in [2.75, 3.05) is 6.54 Å². The van der Waals surface area contributed by atoms with Gasteiger partial charge in [-0.1, -0.05) is 42.5 Å². The molecule has 0 spiro atoms. The Balaban J connectivity index is 1.87. The Kier molecular flexibility index (Phi) is 5.49. The van der Waals surface area contributed by atoms with Crippen LogP contribution in [-0.4, -0.2) is 20.9 Å². The Hall–Kier alpha value is -2.51. The average Bonchev–Trinajstić information content (AvgIpc) is 3.18. The Morgan fingerprint density at radius 1 is 1.04 bits per heavy atom. The molecule has 3 aromatic rings. The van der Waals surface area contributed by atoms with Crippen molar-refractivity contribution >= 4 is 27.1 Å². The molecule has 0 radical (unpaired) electrons. The number of hydrogen-bond donors (Lipinski definition) is 1. The molecule has 0 saturated heterocycles. The third-order valence-corrected chi connectivity index (χ3v) is 7.39. The van der Waals surface area contributed by atoms with Crippen molar-refractivity contribution in [2.24, 2.45) is 0 Å². The van der Waals surface area contributed by atoms with Crippen LogP contribution in [0.1, 0.15) is 21.2 Å². The van der Waals surface area contributed by atoms with E-state index in [1.165, 1.54) is 18.2 Å². The van der Waals surface area contributed by atoms with Gasteiger partial charge < -0.3 is 5.32 Å². The maximum atomic E-state index is 13.3. The van der Waals surface area contributed by atoms with Crippen LogP contribution < -0.4 is 5.32 Å². The van der Waals surface area contributed by atoms with E-state index in [-0.39, 0.29) is 16.3 Å². The van der Waals surface area contributed by atoms with Gasteiger partial charge in [0.1, 0.15) is 15.3 Å². The molecule has 0 aliphatic carbocycles. The maximum absolute atomic E-state index is 13.3. The molecule has 4 nitrogen and oxygen atoms in total. The number of thiophene rings is 1. The summed E-state index contributed by atoms with van der Waals surface area (Å²) in [6, 6.07) is 17.2. The largest absolute Gasteiger partial charge is 0.350 e. The van der Waals surface area contributed by atoms with Crippen LogP contribution in [0.15, 0.2) is 76.3 Å². The molecule has 0 saturated carbocycles. The number of carbonyl (C=O) groups is 1. The number of nitrogens with one attached hydrogen (secondary N) is 1. The van der Waals surface area contributed by atoms with Crippen LogP contribution in [0.25, 0.3) is 0 Å². The fourth-order valence-electron chi connectivity index (χ4n) is 2.56. The summed E-state index contributed by atoms with van der Waals surface area (Å²) >= 11 is 1.14. The van der Waals surface area contributed by atoms with Gasteiger partial charge in [0.25, 0.3) is 5.91 Å². The first-order valence-electron chi connectivity index (χ1n) is 7.84. The Morgan fingerprint density at radius 3 is 2.46 bits per heavy atom. The minimum Gasteiger partial charge on any atom is -0.350 e. The molecule has 3 rings (SSSR count). The van der Waals surface area contributed by atoms with Crippen molar-refractivity contribution in [3.05, 3.63) is 89.1 Å². The molecule has 0 aliphatic rings. The number of amides is 1. The summed E-state index contributed by atoms with van der Waals surface area (Å²) in [4.78, 5) is 12.3. The Bertz CT molecular complexity index is 987. The van der Waals surface area contributed by atoms with Crippen molar-refractivity contribution in [3.63, 3.8) is 0 Å². The van der Waals surface area contributed by atoms with Crippen LogP contribution in [0.3, 0.4) is 0 Å². The van der Waals surface area contributed by atoms with E-state index in [0.29, 0.717) is 5.56 Å². The lowest BCUT2D eigenvalue weighted by Crippen LogP contribution is -2.31. The normalized spacial score (nSPS) is 12.5. The zero-order valence-corrected chi connectivity index (χ0v) is 15.3. The lowest BCUT2D eigenvalue weighted by Gasteiger charge is -2.18. The second kappa shape index (κ2) is 7.80. The molecule has 1 heterocycles. The van der Waals surface area contributed by atoms with Gasteiger partial charge in [0, 0.05) is 12.1 Å². The highest BCUT2D eigenvalue weighted by Crippen LogP contribution is 2.31. The van der Waals surface area contributed by atoms with Crippen LogP contribution in [0.5, 0.6) is 0 Å². The number of sulfone groups is 1. The second-order valence-corrected chi connectivity index (χ2v) is 8.90. The third-order valence-electron chi connectivity index (χ3n) is 3.86. The summed E-state index contributed by atoms with van der Waals surface area (Å²) in [7, 11) is -3.67. The molecule has 1 atom stereocenters. The molecule has 7 heteroatoms. The quantitative estimate of drug-likeness (QED) is 0.697. The summed E-state index contributed by atoms with van der Waals surface area (Å²) in [5.41, 5.74) is 0.728. The van der Waals surface area contributed by atoms with Crippen LogP contribution in [-0.2, 0) is 9.84 Å². The predicted molar refractivity (Wildman–Crippen MR) is 99.4 cm³/mol. The van der Waals surface area contributed by atoms with Gasteiger partial charge in [-0.15, -0.1) is 11.3 Å². The summed E-state index contributed by atoms with van der Waals surface area (Å²) in [6.07, 6.45) is 0. The highest BCUT2D eigenvalue weighted by atomic mass is 32.2. The van der Waals surface area contributed by atoms with E-state index in [1.54, 1.807) is 47.8 Å². The number of benzene rings is 2. The second-order valence-electron chi connectivity index (χ2n) is 5.60. The van der Waals surface area contributed by atoms with E-state index in [1.807, 2.05) is 0 Å². The summed E-state index contributed by atoms with van der Waals surface area (Å²) in [5.74, 6) is -1.05. The first kappa shape index (κ1) is 18.3. The first-order valence-corrected chi connectivity index (χ1v) is 10.3. The zero-order chi connectivity index (χ0) is 18.6. The van der Waals surface area contributed by atoms with Crippen molar-refractivity contribution in [3.8, 4) is 0 Å². The van der Waals surface area contributed by atoms with E-state index < -0.39 is 26.8 Å². The standard InChI is InChI=1S/C19H16FNO3S2/c20-16-9-4-8-15(12-16)19(22)21-13-17(14-6-2-1-3-7-14)26(23,24)18-10-5-11-25-18/h1-12,17H,13H2,(H,21,22)/t17-/m0/s1. The van der Waals surface area contributed by atoms with Crippen molar-refractivity contribution < 1.29 is 17.6 Å². The molecule has 0 unspecified atom stereocenters. The van der Waals surface area contributed by atoms with Gasteiger partial charge in [0.15, 0.2) is 9.84 Å². The summed E-state index contributed by atoms with van der Waals surface area (Å²) < 4.78 is 39.5. The van der Waals surface area contributed by atoms with Crippen LogP contribution in [0.2, 0.25) is 0 Å². The van der Waals surface area contributed by atoms with Gasteiger partial charge in [-0.05, 0) is 35.2 Å². The molecule has 26 heavy (non-hydrogen) atoms. The van der Waals surface area contributed by atoms with Crippen LogP contribution in [0.4, 0.5) is 4.39 Å². The molecular weight excluding hydrogens is 373 g/mol. The minimum atomic E-state index is -3.67. The van der Waals surface area contributed by atoms with Gasteiger partial charge in [0.05, 0.1) is 0 Å². The van der Waals surface area contributed by atoms with Crippen molar-refractivity contribution in [1.82, 2.24) is 5.32 Å². The van der Waals surface area contributed by atoms with E-state index >= 15 is 0 Å². The number of hydrogen-bond acceptors (Lipinski definition) is 4. The van der Waals surface area contributed by atoms with Crippen LogP contribution in [0, 0.1) is 5.82 Å². The molecule has 1 amide bonds. The Labute approximate surface area is 155 Å². The molecular formula is C19H16FNO3S2. The van der Waals surface area contributed by atoms with Gasteiger partial charge in [0.2, 0.25) is 0 Å². The van der Waals surface area contributed by atoms with E-state index in [4.69, 9.17) is 0 Å². The topological polar surface area (TPSA) is 63.2 Å². The first-order chi connectivity index (χ1) is 12.5. The van der Waals surface area contributed by atoms with E-state index in [0.717, 1.165) is 17.4 Å². The average molecular weight is 389 g/mol. The third kappa shape index (κ3) is 4.00. The molecule has 0 fully saturated rings.